The molecule has 0 aliphatic rings. The molecule has 112 valence electrons. The van der Waals surface area contributed by atoms with Crippen LogP contribution in [0.1, 0.15) is 12.8 Å². The lowest BCUT2D eigenvalue weighted by atomic mass is 10.3. The topological polar surface area (TPSA) is 90.6 Å². The highest BCUT2D eigenvalue weighted by Crippen LogP contribution is 2.15. The summed E-state index contributed by atoms with van der Waals surface area (Å²) < 4.78 is 9.96. The molecule has 0 fully saturated rings. The van der Waals surface area contributed by atoms with Crippen molar-refractivity contribution in [3.8, 4) is 5.75 Å². The second kappa shape index (κ2) is 10.1. The number of ether oxygens (including phenoxy) is 2. The van der Waals surface area contributed by atoms with Crippen molar-refractivity contribution < 1.29 is 19.1 Å². The van der Waals surface area contributed by atoms with Gasteiger partial charge in [0.25, 0.3) is 0 Å². The summed E-state index contributed by atoms with van der Waals surface area (Å²) in [5.74, 6) is 0.186. The number of nitrogens with two attached hydrogens (primary N) is 1. The van der Waals surface area contributed by atoms with Gasteiger partial charge < -0.3 is 20.5 Å². The molecule has 0 unspecified atom stereocenters. The summed E-state index contributed by atoms with van der Waals surface area (Å²) in [6.07, 6.45) is 0.930. The maximum absolute atomic E-state index is 11.1. The van der Waals surface area contributed by atoms with E-state index >= 15 is 0 Å². The van der Waals surface area contributed by atoms with E-state index < -0.39 is 0 Å². The molecule has 0 aliphatic heterocycles. The zero-order chi connectivity index (χ0) is 14.1. The minimum Gasteiger partial charge on any atom is -0.494 e. The van der Waals surface area contributed by atoms with Crippen molar-refractivity contribution in [2.75, 3.05) is 25.6 Å². The van der Waals surface area contributed by atoms with E-state index in [1.54, 1.807) is 24.3 Å². The van der Waals surface area contributed by atoms with Gasteiger partial charge in [-0.25, -0.2) is 0 Å². The van der Waals surface area contributed by atoms with E-state index in [0.29, 0.717) is 30.9 Å². The Morgan fingerprint density at radius 1 is 1.25 bits per heavy atom. The van der Waals surface area contributed by atoms with Gasteiger partial charge in [-0.1, -0.05) is 0 Å². The van der Waals surface area contributed by atoms with Crippen molar-refractivity contribution in [2.24, 2.45) is 5.73 Å². The lowest BCUT2D eigenvalue weighted by Crippen LogP contribution is -2.21. The number of rotatable bonds is 7. The standard InChI is InChI=1S/C13H18N2O4.ClH/c1-18-13(17)3-2-8-19-11-6-4-10(5-7-11)15-12(16)9-14;/h4-7H,2-3,8-9,14H2,1H3,(H,15,16);1H. The van der Waals surface area contributed by atoms with Gasteiger partial charge in [0.1, 0.15) is 5.75 Å². The van der Waals surface area contributed by atoms with Crippen molar-refractivity contribution in [3.05, 3.63) is 24.3 Å². The lowest BCUT2D eigenvalue weighted by Gasteiger charge is -2.07. The van der Waals surface area contributed by atoms with Crippen LogP contribution in [0.25, 0.3) is 0 Å². The summed E-state index contributed by atoms with van der Waals surface area (Å²) in [7, 11) is 1.36. The number of benzene rings is 1. The first-order valence-corrected chi connectivity index (χ1v) is 5.95. The Labute approximate surface area is 124 Å². The van der Waals surface area contributed by atoms with Gasteiger partial charge in [-0.3, -0.25) is 9.59 Å². The summed E-state index contributed by atoms with van der Waals surface area (Å²) in [6.45, 7) is 0.384. The van der Waals surface area contributed by atoms with Crippen LogP contribution in [-0.4, -0.2) is 32.1 Å². The Hall–Kier alpha value is -1.79. The molecule has 6 nitrogen and oxygen atoms in total. The Balaban J connectivity index is 0.00000361. The Morgan fingerprint density at radius 2 is 1.90 bits per heavy atom. The molecule has 1 amide bonds. The maximum atomic E-state index is 11.1. The molecule has 1 aromatic carbocycles. The average molecular weight is 303 g/mol. The van der Waals surface area contributed by atoms with Crippen LogP contribution in [-0.2, 0) is 14.3 Å². The molecule has 0 atom stereocenters. The first-order chi connectivity index (χ1) is 9.15. The molecule has 0 saturated heterocycles. The van der Waals surface area contributed by atoms with E-state index in [2.05, 4.69) is 10.1 Å². The summed E-state index contributed by atoms with van der Waals surface area (Å²) in [6, 6.07) is 6.93. The molecule has 0 aliphatic carbocycles. The van der Waals surface area contributed by atoms with E-state index in [1.807, 2.05) is 0 Å². The SMILES string of the molecule is COC(=O)CCCOc1ccc(NC(=O)CN)cc1.Cl. The number of carbonyl (C=O) groups excluding carboxylic acids is 2. The van der Waals surface area contributed by atoms with Crippen molar-refractivity contribution >= 4 is 30.0 Å². The molecule has 20 heavy (non-hydrogen) atoms. The number of nitrogens with one attached hydrogen (secondary N) is 1. The number of amides is 1. The van der Waals surface area contributed by atoms with Gasteiger partial charge >= 0.3 is 5.97 Å². The van der Waals surface area contributed by atoms with Gasteiger partial charge in [0.15, 0.2) is 0 Å². The third-order valence-electron chi connectivity index (χ3n) is 2.35. The van der Waals surface area contributed by atoms with Crippen LogP contribution >= 0.6 is 12.4 Å². The largest absolute Gasteiger partial charge is 0.494 e. The van der Waals surface area contributed by atoms with Crippen molar-refractivity contribution in [2.45, 2.75) is 12.8 Å². The quantitative estimate of drug-likeness (QED) is 0.586. The Bertz CT molecular complexity index is 423. The second-order valence-electron chi connectivity index (χ2n) is 3.80. The van der Waals surface area contributed by atoms with Crippen LogP contribution in [0, 0.1) is 0 Å². The summed E-state index contributed by atoms with van der Waals surface area (Å²) in [5, 5.41) is 2.63. The Kier molecular flexibility index (Phi) is 9.15. The zero-order valence-corrected chi connectivity index (χ0v) is 12.1. The van der Waals surface area contributed by atoms with Gasteiger partial charge in [-0.05, 0) is 30.7 Å². The van der Waals surface area contributed by atoms with Crippen molar-refractivity contribution in [1.29, 1.82) is 0 Å². The fourth-order valence-corrected chi connectivity index (χ4v) is 1.36. The first-order valence-electron chi connectivity index (χ1n) is 5.95. The summed E-state index contributed by atoms with van der Waals surface area (Å²) >= 11 is 0. The minimum atomic E-state index is -0.247. The highest BCUT2D eigenvalue weighted by Gasteiger charge is 2.01. The number of anilines is 1. The van der Waals surface area contributed by atoms with E-state index in [1.165, 1.54) is 7.11 Å². The van der Waals surface area contributed by atoms with Crippen LogP contribution in [0.4, 0.5) is 5.69 Å². The normalized spacial score (nSPS) is 9.30. The summed E-state index contributed by atoms with van der Waals surface area (Å²) in [4.78, 5) is 21.9. The number of hydrogen-bond donors (Lipinski definition) is 2. The third-order valence-corrected chi connectivity index (χ3v) is 2.35. The maximum Gasteiger partial charge on any atom is 0.305 e. The fraction of sp³-hybridized carbons (Fsp3) is 0.385. The smallest absolute Gasteiger partial charge is 0.305 e. The molecular formula is C13H19ClN2O4. The van der Waals surface area contributed by atoms with Gasteiger partial charge in [0.05, 0.1) is 20.3 Å². The lowest BCUT2D eigenvalue weighted by molar-refractivity contribution is -0.140. The van der Waals surface area contributed by atoms with Gasteiger partial charge in [-0.15, -0.1) is 12.4 Å². The molecule has 0 heterocycles. The second-order valence-corrected chi connectivity index (χ2v) is 3.80. The highest BCUT2D eigenvalue weighted by atomic mass is 35.5. The minimum absolute atomic E-state index is 0. The predicted molar refractivity (Wildman–Crippen MR) is 78.1 cm³/mol. The molecule has 0 aromatic heterocycles. The first kappa shape index (κ1) is 18.2. The van der Waals surface area contributed by atoms with Crippen LogP contribution in [0.5, 0.6) is 5.75 Å². The number of methoxy groups -OCH3 is 1. The highest BCUT2D eigenvalue weighted by molar-refractivity contribution is 5.92. The molecule has 1 rings (SSSR count). The average Bonchev–Trinajstić information content (AvgIpc) is 2.44. The number of carbonyl (C=O) groups is 2. The summed E-state index contributed by atoms with van der Waals surface area (Å²) in [5.41, 5.74) is 5.86. The molecule has 1 aromatic rings. The van der Waals surface area contributed by atoms with Crippen LogP contribution in [0.2, 0.25) is 0 Å². The number of esters is 1. The molecular weight excluding hydrogens is 284 g/mol. The number of hydrogen-bond acceptors (Lipinski definition) is 5. The van der Waals surface area contributed by atoms with E-state index in [-0.39, 0.29) is 30.8 Å². The number of halogens is 1. The molecule has 0 spiro atoms. The van der Waals surface area contributed by atoms with E-state index in [9.17, 15) is 9.59 Å². The molecule has 7 heteroatoms. The van der Waals surface area contributed by atoms with E-state index in [4.69, 9.17) is 10.5 Å². The molecule has 0 bridgehead atoms. The third kappa shape index (κ3) is 6.96. The van der Waals surface area contributed by atoms with Crippen molar-refractivity contribution in [1.82, 2.24) is 0 Å². The van der Waals surface area contributed by atoms with Crippen LogP contribution in [0.3, 0.4) is 0 Å². The van der Waals surface area contributed by atoms with Crippen LogP contribution in [0.15, 0.2) is 24.3 Å². The Morgan fingerprint density at radius 3 is 2.45 bits per heavy atom. The van der Waals surface area contributed by atoms with Crippen LogP contribution < -0.4 is 15.8 Å². The molecule has 0 radical (unpaired) electrons. The zero-order valence-electron chi connectivity index (χ0n) is 11.3. The van der Waals surface area contributed by atoms with Gasteiger partial charge in [0, 0.05) is 12.1 Å². The van der Waals surface area contributed by atoms with Crippen molar-refractivity contribution in [3.63, 3.8) is 0 Å². The molecule has 0 saturated carbocycles. The monoisotopic (exact) mass is 302 g/mol. The predicted octanol–water partition coefficient (Wildman–Crippen LogP) is 1.34. The fourth-order valence-electron chi connectivity index (χ4n) is 1.36. The van der Waals surface area contributed by atoms with Gasteiger partial charge in [-0.2, -0.15) is 0 Å². The van der Waals surface area contributed by atoms with E-state index in [0.717, 1.165) is 0 Å². The van der Waals surface area contributed by atoms with Gasteiger partial charge in [0.2, 0.25) is 5.91 Å². The molecule has 3 N–H and O–H groups in total.